The van der Waals surface area contributed by atoms with Crippen LogP contribution in [0.15, 0.2) is 33.9 Å². The summed E-state index contributed by atoms with van der Waals surface area (Å²) < 4.78 is 158. The van der Waals surface area contributed by atoms with E-state index in [0.29, 0.717) is 12.1 Å². The van der Waals surface area contributed by atoms with Crippen molar-refractivity contribution in [2.24, 2.45) is 4.99 Å². The molecule has 0 fully saturated rings. The highest BCUT2D eigenvalue weighted by Crippen LogP contribution is 2.59. The summed E-state index contributed by atoms with van der Waals surface area (Å²) in [6.07, 6.45) is -19.6. The largest absolute Gasteiger partial charge is 0.443 e. The van der Waals surface area contributed by atoms with Crippen molar-refractivity contribution in [3.8, 4) is 0 Å². The van der Waals surface area contributed by atoms with Crippen molar-refractivity contribution < 1.29 is 62.3 Å². The molecule has 5 nitrogen and oxygen atoms in total. The highest BCUT2D eigenvalue weighted by molar-refractivity contribution is 8.17. The van der Waals surface area contributed by atoms with Gasteiger partial charge in [0.2, 0.25) is 5.83 Å². The maximum absolute atomic E-state index is 13.6. The number of aliphatic imine (C=N–C) groups is 1. The van der Waals surface area contributed by atoms with Crippen LogP contribution in [0.4, 0.5) is 57.5 Å². The number of carbonyl (C=O) groups excluding carboxylic acids is 2. The summed E-state index contributed by atoms with van der Waals surface area (Å²) in [4.78, 5) is 22.5. The summed E-state index contributed by atoms with van der Waals surface area (Å²) in [5.41, 5.74) is -7.12. The number of benzene rings is 1. The van der Waals surface area contributed by atoms with E-state index in [4.69, 9.17) is 0 Å². The molecule has 1 aliphatic heterocycles. The van der Waals surface area contributed by atoms with Gasteiger partial charge in [-0.3, -0.25) is 15.4 Å². The zero-order valence-corrected chi connectivity index (χ0v) is 15.8. The van der Waals surface area contributed by atoms with Crippen molar-refractivity contribution in [3.05, 3.63) is 46.1 Å². The van der Waals surface area contributed by atoms with E-state index in [-0.39, 0.29) is 0 Å². The van der Waals surface area contributed by atoms with Gasteiger partial charge in [-0.2, -0.15) is 39.5 Å². The number of halogens is 12. The molecule has 1 aliphatic rings. The molecular weight excluding hydrogens is 514 g/mol. The van der Waals surface area contributed by atoms with Gasteiger partial charge in [-0.05, 0) is 12.1 Å². The van der Waals surface area contributed by atoms with Crippen LogP contribution in [0.1, 0.15) is 10.4 Å². The molecule has 0 aromatic heterocycles. The number of nitrogens with zero attached hydrogens (tertiary/aromatic N) is 1. The third-order valence-electron chi connectivity index (χ3n) is 3.70. The van der Waals surface area contributed by atoms with E-state index in [1.165, 1.54) is 0 Å². The normalized spacial score (nSPS) is 18.0. The molecule has 0 radical (unpaired) electrons. The minimum Gasteiger partial charge on any atom is -0.286 e. The fourth-order valence-corrected chi connectivity index (χ4v) is 3.49. The first-order chi connectivity index (χ1) is 14.8. The summed E-state index contributed by atoms with van der Waals surface area (Å²) in [7, 11) is 0. The van der Waals surface area contributed by atoms with E-state index in [9.17, 15) is 62.3 Å². The molecular formula is C15H5F12N3O2S. The number of rotatable bonds is 1. The van der Waals surface area contributed by atoms with Crippen LogP contribution >= 0.6 is 11.8 Å². The first-order valence-corrected chi connectivity index (χ1v) is 8.59. The third kappa shape index (κ3) is 4.88. The Morgan fingerprint density at radius 1 is 0.909 bits per heavy atom. The second-order valence-corrected chi connectivity index (χ2v) is 6.87. The van der Waals surface area contributed by atoms with Crippen LogP contribution in [-0.2, 0) is 0 Å². The molecule has 0 atom stereocenters. The van der Waals surface area contributed by atoms with Crippen molar-refractivity contribution in [1.29, 1.82) is 0 Å². The van der Waals surface area contributed by atoms with Gasteiger partial charge >= 0.3 is 24.6 Å². The van der Waals surface area contributed by atoms with Crippen molar-refractivity contribution in [2.45, 2.75) is 24.1 Å². The number of amidine groups is 1. The summed E-state index contributed by atoms with van der Waals surface area (Å²) in [6.45, 7) is 0. The summed E-state index contributed by atoms with van der Waals surface area (Å²) >= 11 is -1.17. The van der Waals surface area contributed by atoms with Crippen molar-refractivity contribution in [2.75, 3.05) is 0 Å². The van der Waals surface area contributed by atoms with Crippen LogP contribution < -0.4 is 10.6 Å². The number of carbonyl (C=O) groups is 2. The topological polar surface area (TPSA) is 70.6 Å². The van der Waals surface area contributed by atoms with Crippen LogP contribution in [-0.4, -0.2) is 41.2 Å². The Hall–Kier alpha value is -2.92. The van der Waals surface area contributed by atoms with Crippen LogP contribution in [0, 0.1) is 11.6 Å². The average Bonchev–Trinajstić information content (AvgIpc) is 3.00. The SMILES string of the molecule is O=C(NC(=O)c1c(F)cccc1F)NC1=NC(C(F)(F)F)(C(F)(F)F)/C(=C(\F)C(F)(F)F)S1. The van der Waals surface area contributed by atoms with E-state index in [1.807, 2.05) is 4.99 Å². The molecule has 0 spiro atoms. The van der Waals surface area contributed by atoms with Gasteiger partial charge in [0.05, 0.1) is 4.91 Å². The highest BCUT2D eigenvalue weighted by atomic mass is 32.2. The van der Waals surface area contributed by atoms with E-state index >= 15 is 0 Å². The van der Waals surface area contributed by atoms with Gasteiger partial charge < -0.3 is 0 Å². The molecule has 0 saturated heterocycles. The van der Waals surface area contributed by atoms with Crippen molar-refractivity contribution in [3.63, 3.8) is 0 Å². The minimum atomic E-state index is -6.66. The molecule has 0 saturated carbocycles. The van der Waals surface area contributed by atoms with Crippen LogP contribution in [0.3, 0.4) is 0 Å². The molecule has 18 heteroatoms. The standard InChI is InChI=1S/C15H5F12N3O2S/c16-4-2-1-3-5(17)6(4)9(31)28-10(32)29-11-30-12(14(22,23)24,15(25,26)27)8(33-11)7(18)13(19,20)21/h1-3H,(H2,28,29,30,31,32)/b8-7+. The maximum Gasteiger partial charge on any atom is 0.443 e. The van der Waals surface area contributed by atoms with Crippen LogP contribution in [0.5, 0.6) is 0 Å². The van der Waals surface area contributed by atoms with Crippen molar-refractivity contribution in [1.82, 2.24) is 10.6 Å². The average molecular weight is 519 g/mol. The lowest BCUT2D eigenvalue weighted by Gasteiger charge is -2.31. The predicted molar refractivity (Wildman–Crippen MR) is 86.4 cm³/mol. The Labute approximate surface area is 177 Å². The Balaban J connectivity index is 2.45. The monoisotopic (exact) mass is 519 g/mol. The lowest BCUT2D eigenvalue weighted by Crippen LogP contribution is -2.55. The number of imide groups is 1. The van der Waals surface area contributed by atoms with E-state index in [2.05, 4.69) is 0 Å². The molecule has 33 heavy (non-hydrogen) atoms. The van der Waals surface area contributed by atoms with Crippen LogP contribution in [0.25, 0.3) is 0 Å². The Bertz CT molecular complexity index is 1010. The van der Waals surface area contributed by atoms with Gasteiger partial charge in [0.1, 0.15) is 17.2 Å². The van der Waals surface area contributed by atoms with E-state index in [1.54, 1.807) is 0 Å². The first-order valence-electron chi connectivity index (χ1n) is 7.78. The summed E-state index contributed by atoms with van der Waals surface area (Å²) in [5, 5.41) is 0.360. The van der Waals surface area contributed by atoms with Gasteiger partial charge in [-0.1, -0.05) is 17.8 Å². The molecule has 0 bridgehead atoms. The molecule has 1 aromatic carbocycles. The molecule has 2 rings (SSSR count). The number of thioether (sulfide) groups is 1. The van der Waals surface area contributed by atoms with Gasteiger partial charge in [-0.25, -0.2) is 23.0 Å². The smallest absolute Gasteiger partial charge is 0.286 e. The molecule has 0 unspecified atom stereocenters. The molecule has 1 aromatic rings. The van der Waals surface area contributed by atoms with E-state index in [0.717, 1.165) is 16.7 Å². The number of hydrogen-bond donors (Lipinski definition) is 2. The minimum absolute atomic E-state index is 0.560. The number of alkyl halides is 9. The van der Waals surface area contributed by atoms with Gasteiger partial charge in [0, 0.05) is 0 Å². The Morgan fingerprint density at radius 2 is 1.39 bits per heavy atom. The Kier molecular flexibility index (Phi) is 6.75. The maximum atomic E-state index is 13.6. The molecule has 3 amide bonds. The number of allylic oxidation sites excluding steroid dienone is 1. The number of hydrogen-bond acceptors (Lipinski definition) is 4. The van der Waals surface area contributed by atoms with Gasteiger partial charge in [0.25, 0.3) is 11.4 Å². The van der Waals surface area contributed by atoms with Gasteiger partial charge in [-0.15, -0.1) is 0 Å². The first kappa shape index (κ1) is 26.3. The molecule has 0 aliphatic carbocycles. The molecule has 2 N–H and O–H groups in total. The van der Waals surface area contributed by atoms with Crippen molar-refractivity contribution >= 4 is 28.9 Å². The number of urea groups is 1. The van der Waals surface area contributed by atoms with Crippen LogP contribution in [0.2, 0.25) is 0 Å². The lowest BCUT2D eigenvalue weighted by molar-refractivity contribution is -0.280. The molecule has 182 valence electrons. The molecule has 1 heterocycles. The fraction of sp³-hybridized carbons (Fsp3) is 0.267. The zero-order valence-electron chi connectivity index (χ0n) is 14.9. The zero-order chi connectivity index (χ0) is 25.6. The number of amides is 3. The highest BCUT2D eigenvalue weighted by Gasteiger charge is 2.77. The number of nitrogens with one attached hydrogen (secondary N) is 2. The third-order valence-corrected chi connectivity index (χ3v) is 4.77. The quantitative estimate of drug-likeness (QED) is 0.507. The van der Waals surface area contributed by atoms with Gasteiger partial charge in [0.15, 0.2) is 5.17 Å². The summed E-state index contributed by atoms with van der Waals surface area (Å²) in [6, 6.07) is -0.112. The second-order valence-electron chi connectivity index (χ2n) is 5.87. The fourth-order valence-electron chi connectivity index (χ4n) is 2.34. The Morgan fingerprint density at radius 3 is 1.82 bits per heavy atom. The lowest BCUT2D eigenvalue weighted by atomic mass is 9.97. The second kappa shape index (κ2) is 8.45. The van der Waals surface area contributed by atoms with E-state index < -0.39 is 80.9 Å². The predicted octanol–water partition coefficient (Wildman–Crippen LogP) is 5.11. The summed E-state index contributed by atoms with van der Waals surface area (Å²) in [5.74, 6) is -8.67.